The van der Waals surface area contributed by atoms with E-state index < -0.39 is 11.8 Å². The summed E-state index contributed by atoms with van der Waals surface area (Å²) in [5, 5.41) is 9.17. The number of benzene rings is 1. The van der Waals surface area contributed by atoms with Crippen LogP contribution in [-0.2, 0) is 0 Å². The molecule has 66 valence electrons. The molecule has 1 N–H and O–H groups in total. The van der Waals surface area contributed by atoms with E-state index in [9.17, 15) is 9.18 Å². The third-order valence-electron chi connectivity index (χ3n) is 1.77. The molecule has 0 fully saturated rings. The summed E-state index contributed by atoms with van der Waals surface area (Å²) in [5.74, 6) is -2.06. The van der Waals surface area contributed by atoms with Gasteiger partial charge in [-0.2, -0.15) is 0 Å². The van der Waals surface area contributed by atoms with Crippen molar-refractivity contribution in [1.82, 2.24) is 0 Å². The minimum Gasteiger partial charge on any atom is -0.478 e. The Bertz CT molecular complexity index is 473. The number of hydrogen-bond donors (Lipinski definition) is 1. The molecule has 0 radical (unpaired) electrons. The van der Waals surface area contributed by atoms with Gasteiger partial charge in [0.1, 0.15) is 11.4 Å². The first-order chi connectivity index (χ1) is 6.18. The van der Waals surface area contributed by atoms with E-state index in [-0.39, 0.29) is 5.56 Å². The molecule has 0 aliphatic heterocycles. The molecule has 2 aromatic rings. The van der Waals surface area contributed by atoms with Gasteiger partial charge in [0.15, 0.2) is 0 Å². The standard InChI is InChI=1S/C9H5FO3/c10-7-4-8-5(1-2-13-8)3-6(7)9(11)12/h1-4H,(H,11,12). The van der Waals surface area contributed by atoms with Crippen LogP contribution >= 0.6 is 0 Å². The minimum absolute atomic E-state index is 0.339. The lowest BCUT2D eigenvalue weighted by atomic mass is 10.1. The highest BCUT2D eigenvalue weighted by atomic mass is 19.1. The average Bonchev–Trinajstić information content (AvgIpc) is 2.48. The number of rotatable bonds is 1. The minimum atomic E-state index is -1.28. The summed E-state index contributed by atoms with van der Waals surface area (Å²) in [6.07, 6.45) is 1.38. The largest absolute Gasteiger partial charge is 0.478 e. The Hall–Kier alpha value is -1.84. The lowest BCUT2D eigenvalue weighted by Gasteiger charge is -1.95. The molecule has 13 heavy (non-hydrogen) atoms. The first kappa shape index (κ1) is 7.79. The summed E-state index contributed by atoms with van der Waals surface area (Å²) in [6.45, 7) is 0. The molecule has 0 saturated carbocycles. The highest BCUT2D eigenvalue weighted by molar-refractivity contribution is 5.93. The van der Waals surface area contributed by atoms with Crippen molar-refractivity contribution in [3.8, 4) is 0 Å². The molecule has 4 heteroatoms. The molecule has 0 bridgehead atoms. The van der Waals surface area contributed by atoms with E-state index in [0.717, 1.165) is 6.07 Å². The Kier molecular flexibility index (Phi) is 1.55. The van der Waals surface area contributed by atoms with Crippen LogP contribution in [0.5, 0.6) is 0 Å². The van der Waals surface area contributed by atoms with Gasteiger partial charge in [0, 0.05) is 11.5 Å². The Labute approximate surface area is 72.4 Å². The summed E-state index contributed by atoms with van der Waals surface area (Å²) in [7, 11) is 0. The second-order valence-corrected chi connectivity index (χ2v) is 2.60. The summed E-state index contributed by atoms with van der Waals surface area (Å²) >= 11 is 0. The average molecular weight is 180 g/mol. The van der Waals surface area contributed by atoms with Gasteiger partial charge >= 0.3 is 5.97 Å². The monoisotopic (exact) mass is 180 g/mol. The topological polar surface area (TPSA) is 50.4 Å². The molecule has 0 atom stereocenters. The second kappa shape index (κ2) is 2.58. The van der Waals surface area contributed by atoms with Gasteiger partial charge in [0.05, 0.1) is 11.8 Å². The first-order valence-corrected chi connectivity index (χ1v) is 3.58. The van der Waals surface area contributed by atoms with Gasteiger partial charge < -0.3 is 9.52 Å². The van der Waals surface area contributed by atoms with Crippen molar-refractivity contribution >= 4 is 16.9 Å². The summed E-state index contributed by atoms with van der Waals surface area (Å²) in [4.78, 5) is 10.5. The predicted octanol–water partition coefficient (Wildman–Crippen LogP) is 2.27. The van der Waals surface area contributed by atoms with Crippen LogP contribution in [0.1, 0.15) is 10.4 Å². The van der Waals surface area contributed by atoms with Gasteiger partial charge in [-0.25, -0.2) is 9.18 Å². The van der Waals surface area contributed by atoms with Gasteiger partial charge in [-0.05, 0) is 12.1 Å². The van der Waals surface area contributed by atoms with Gasteiger partial charge in [0.2, 0.25) is 0 Å². The van der Waals surface area contributed by atoms with Crippen LogP contribution in [-0.4, -0.2) is 11.1 Å². The van der Waals surface area contributed by atoms with Crippen LogP contribution in [0.3, 0.4) is 0 Å². The van der Waals surface area contributed by atoms with E-state index in [1.54, 1.807) is 6.07 Å². The Morgan fingerprint density at radius 1 is 1.46 bits per heavy atom. The van der Waals surface area contributed by atoms with Crippen LogP contribution in [0, 0.1) is 5.82 Å². The third-order valence-corrected chi connectivity index (χ3v) is 1.77. The number of carboxylic acids is 1. The van der Waals surface area contributed by atoms with Gasteiger partial charge in [-0.15, -0.1) is 0 Å². The molecule has 1 aromatic heterocycles. The molecular formula is C9H5FO3. The zero-order chi connectivity index (χ0) is 9.42. The molecule has 0 spiro atoms. The van der Waals surface area contributed by atoms with E-state index in [1.807, 2.05) is 0 Å². The van der Waals surface area contributed by atoms with Crippen LogP contribution in [0.4, 0.5) is 4.39 Å². The Balaban J connectivity index is 2.76. The molecule has 0 aliphatic carbocycles. The van der Waals surface area contributed by atoms with Gasteiger partial charge in [-0.3, -0.25) is 0 Å². The number of carboxylic acid groups (broad SMARTS) is 1. The van der Waals surface area contributed by atoms with Crippen LogP contribution in [0.2, 0.25) is 0 Å². The molecule has 2 rings (SSSR count). The van der Waals surface area contributed by atoms with Gasteiger partial charge in [-0.1, -0.05) is 0 Å². The van der Waals surface area contributed by atoms with E-state index >= 15 is 0 Å². The smallest absolute Gasteiger partial charge is 0.338 e. The van der Waals surface area contributed by atoms with Crippen LogP contribution in [0.15, 0.2) is 28.9 Å². The summed E-state index contributed by atoms with van der Waals surface area (Å²) in [5.41, 5.74) is 0.0106. The maximum Gasteiger partial charge on any atom is 0.338 e. The number of halogens is 1. The first-order valence-electron chi connectivity index (χ1n) is 3.58. The fraction of sp³-hybridized carbons (Fsp3) is 0. The number of aromatic carboxylic acids is 1. The number of carbonyl (C=O) groups is 1. The van der Waals surface area contributed by atoms with E-state index in [2.05, 4.69) is 0 Å². The van der Waals surface area contributed by atoms with Crippen molar-refractivity contribution in [2.45, 2.75) is 0 Å². The lowest BCUT2D eigenvalue weighted by molar-refractivity contribution is 0.0692. The van der Waals surface area contributed by atoms with Crippen molar-refractivity contribution in [3.63, 3.8) is 0 Å². The molecule has 1 heterocycles. The molecule has 0 unspecified atom stereocenters. The van der Waals surface area contributed by atoms with E-state index in [1.165, 1.54) is 12.3 Å². The highest BCUT2D eigenvalue weighted by Gasteiger charge is 2.12. The van der Waals surface area contributed by atoms with E-state index in [4.69, 9.17) is 9.52 Å². The molecule has 0 amide bonds. The summed E-state index contributed by atoms with van der Waals surface area (Å²) in [6, 6.07) is 3.90. The third kappa shape index (κ3) is 1.16. The number of furan rings is 1. The Morgan fingerprint density at radius 2 is 2.23 bits per heavy atom. The maximum atomic E-state index is 13.0. The van der Waals surface area contributed by atoms with Crippen molar-refractivity contribution < 1.29 is 18.7 Å². The van der Waals surface area contributed by atoms with E-state index in [0.29, 0.717) is 11.0 Å². The molecule has 0 saturated heterocycles. The normalized spacial score (nSPS) is 10.5. The highest BCUT2D eigenvalue weighted by Crippen LogP contribution is 2.19. The van der Waals surface area contributed by atoms with Crippen LogP contribution < -0.4 is 0 Å². The zero-order valence-corrected chi connectivity index (χ0v) is 6.45. The molecule has 3 nitrogen and oxygen atoms in total. The lowest BCUT2D eigenvalue weighted by Crippen LogP contribution is -1.99. The number of fused-ring (bicyclic) bond motifs is 1. The SMILES string of the molecule is O=C(O)c1cc2ccoc2cc1F. The molecule has 0 aliphatic rings. The zero-order valence-electron chi connectivity index (χ0n) is 6.45. The van der Waals surface area contributed by atoms with Gasteiger partial charge in [0.25, 0.3) is 0 Å². The Morgan fingerprint density at radius 3 is 2.92 bits per heavy atom. The fourth-order valence-corrected chi connectivity index (χ4v) is 1.15. The van der Waals surface area contributed by atoms with Crippen molar-refractivity contribution in [2.75, 3.05) is 0 Å². The summed E-state index contributed by atoms with van der Waals surface area (Å²) < 4.78 is 17.9. The maximum absolute atomic E-state index is 13.0. The van der Waals surface area contributed by atoms with Crippen molar-refractivity contribution in [2.24, 2.45) is 0 Å². The molecular weight excluding hydrogens is 175 g/mol. The molecule has 1 aromatic carbocycles. The second-order valence-electron chi connectivity index (χ2n) is 2.60. The number of hydrogen-bond acceptors (Lipinski definition) is 2. The quantitative estimate of drug-likeness (QED) is 0.732. The van der Waals surface area contributed by atoms with Crippen molar-refractivity contribution in [3.05, 3.63) is 35.8 Å². The van der Waals surface area contributed by atoms with Crippen molar-refractivity contribution in [1.29, 1.82) is 0 Å². The van der Waals surface area contributed by atoms with Crippen LogP contribution in [0.25, 0.3) is 11.0 Å². The predicted molar refractivity (Wildman–Crippen MR) is 43.1 cm³/mol. The fourth-order valence-electron chi connectivity index (χ4n) is 1.15.